The van der Waals surface area contributed by atoms with Gasteiger partial charge in [0.25, 0.3) is 11.8 Å². The summed E-state index contributed by atoms with van der Waals surface area (Å²) >= 11 is 0. The van der Waals surface area contributed by atoms with E-state index in [1.165, 1.54) is 0 Å². The monoisotopic (exact) mass is 1130 g/mol. The van der Waals surface area contributed by atoms with Gasteiger partial charge in [-0.2, -0.15) is 0 Å². The lowest BCUT2D eigenvalue weighted by Gasteiger charge is -2.22. The SMILES string of the molecule is CC(C)(C)OC(=O)NC(CCCCCCCCCCCCNC(=O)[C@@H]1CN(C(=O)c2ccc(C(=O)N3C[C@@H](C(=O)N[C@H]4C[C@@H]4c4ccccc4)[C@H](C(=O)N[C@H]4C[C@@H]4c4ccccc4)C3)cc2)C[C@H]1C(=O)N[C@H]1C[C@@H]1c1ccccc1)C(=O)O. The first-order valence-electron chi connectivity index (χ1n) is 30.3. The van der Waals surface area contributed by atoms with Gasteiger partial charge in [0, 0.05) is 79.7 Å². The predicted molar refractivity (Wildman–Crippen MR) is 314 cm³/mol. The smallest absolute Gasteiger partial charge is 0.408 e. The Balaban J connectivity index is 0.750. The Kier molecular flexibility index (Phi) is 20.0. The van der Waals surface area contributed by atoms with Gasteiger partial charge >= 0.3 is 12.1 Å². The van der Waals surface area contributed by atoms with Crippen LogP contribution < -0.4 is 26.6 Å². The van der Waals surface area contributed by atoms with Gasteiger partial charge in [0.1, 0.15) is 11.6 Å². The van der Waals surface area contributed by atoms with Crippen molar-refractivity contribution in [1.29, 1.82) is 0 Å². The van der Waals surface area contributed by atoms with Crippen LogP contribution in [0.2, 0.25) is 0 Å². The number of alkyl carbamates (subject to hydrolysis) is 1. The topological polar surface area (TPSA) is 233 Å². The number of benzene rings is 4. The van der Waals surface area contributed by atoms with Crippen LogP contribution in [0, 0.1) is 23.7 Å². The van der Waals surface area contributed by atoms with Crippen LogP contribution in [0.4, 0.5) is 4.79 Å². The van der Waals surface area contributed by atoms with Crippen LogP contribution in [-0.2, 0) is 28.7 Å². The number of amides is 7. The zero-order valence-corrected chi connectivity index (χ0v) is 48.3. The van der Waals surface area contributed by atoms with Gasteiger partial charge in [-0.3, -0.25) is 28.8 Å². The van der Waals surface area contributed by atoms with Gasteiger partial charge < -0.3 is 46.2 Å². The first-order chi connectivity index (χ1) is 40.0. The Morgan fingerprint density at radius 1 is 0.482 bits per heavy atom. The second-order valence-electron chi connectivity index (χ2n) is 24.7. The van der Waals surface area contributed by atoms with Crippen molar-refractivity contribution in [3.05, 3.63) is 143 Å². The van der Waals surface area contributed by atoms with E-state index in [-0.39, 0.29) is 97.5 Å². The minimum atomic E-state index is -1.07. The van der Waals surface area contributed by atoms with Crippen molar-refractivity contribution in [2.75, 3.05) is 32.7 Å². The quantitative estimate of drug-likeness (QED) is 0.0312. The second kappa shape index (κ2) is 27.7. The molecule has 5 fully saturated rings. The zero-order valence-electron chi connectivity index (χ0n) is 48.3. The number of carbonyl (C=O) groups is 8. The molecule has 2 aliphatic heterocycles. The maximum absolute atomic E-state index is 14.3. The van der Waals surface area contributed by atoms with Crippen molar-refractivity contribution < 1.29 is 48.2 Å². The lowest BCUT2D eigenvalue weighted by molar-refractivity contribution is -0.139. The molecular weight excluding hydrogens is 1050 g/mol. The highest BCUT2D eigenvalue weighted by Crippen LogP contribution is 2.44. The van der Waals surface area contributed by atoms with Crippen LogP contribution in [0.3, 0.4) is 0 Å². The molecule has 6 N–H and O–H groups in total. The van der Waals surface area contributed by atoms with E-state index in [4.69, 9.17) is 4.74 Å². The Bertz CT molecular complexity index is 2830. The molecule has 1 unspecified atom stereocenters. The maximum atomic E-state index is 14.3. The zero-order chi connectivity index (χ0) is 58.6. The molecule has 3 saturated carbocycles. The molecule has 83 heavy (non-hydrogen) atoms. The highest BCUT2D eigenvalue weighted by molar-refractivity contribution is 6.00. The lowest BCUT2D eigenvalue weighted by atomic mass is 9.94. The van der Waals surface area contributed by atoms with Gasteiger partial charge in [-0.25, -0.2) is 9.59 Å². The van der Waals surface area contributed by atoms with Crippen molar-refractivity contribution in [2.45, 2.75) is 158 Å². The Morgan fingerprint density at radius 2 is 0.819 bits per heavy atom. The van der Waals surface area contributed by atoms with E-state index in [0.717, 1.165) is 93.7 Å². The Labute approximate surface area is 487 Å². The molecule has 4 aromatic carbocycles. The number of carboxylic acids is 1. The molecule has 3 aliphatic carbocycles. The van der Waals surface area contributed by atoms with E-state index in [1.807, 2.05) is 66.7 Å². The number of unbranched alkanes of at least 4 members (excludes halogenated alkanes) is 9. The molecular formula is C66H83N7O10. The van der Waals surface area contributed by atoms with E-state index in [9.17, 15) is 43.5 Å². The maximum Gasteiger partial charge on any atom is 0.408 e. The molecule has 0 spiro atoms. The second-order valence-corrected chi connectivity index (χ2v) is 24.7. The molecule has 7 amide bonds. The van der Waals surface area contributed by atoms with E-state index in [1.54, 1.807) is 54.8 Å². The van der Waals surface area contributed by atoms with Crippen LogP contribution in [0.25, 0.3) is 0 Å². The third-order valence-corrected chi connectivity index (χ3v) is 17.2. The van der Waals surface area contributed by atoms with Crippen LogP contribution in [-0.4, -0.2) is 125 Å². The number of aliphatic carboxylic acids is 1. The van der Waals surface area contributed by atoms with Gasteiger partial charge in [0.15, 0.2) is 0 Å². The standard InChI is InChI=1S/C66H83N7O10/c1-66(2,3)83-65(82)71-54(64(80)81)29-21-10-8-6-4-5-7-9-11-22-34-67-58(74)50-38-72(39-51(50)59(75)68-55-35-47(55)42-23-15-12-16-24-42)62(78)45-30-32-46(33-31-45)63(79)73-40-52(60(76)69-56-36-48(56)43-25-17-13-18-26-43)53(41-73)61(77)70-57-37-49(57)44-27-19-14-20-28-44/h12-20,23-28,30-33,47-57H,4-11,21-22,29,34-41H2,1-3H3,(H,67,74)(H,68,75)(H,69,76)(H,70,77)(H,71,82)(H,80,81)/t47-,48-,49-,50-,51-,52-,53-,54?,55+,56+,57+/m1/s1. The molecule has 0 bridgehead atoms. The minimum absolute atomic E-state index is 0.0490. The number of likely N-dealkylation sites (tertiary alicyclic amines) is 2. The molecule has 17 heteroatoms. The van der Waals surface area contributed by atoms with Crippen LogP contribution in [0.15, 0.2) is 115 Å². The fourth-order valence-electron chi connectivity index (χ4n) is 12.2. The summed E-state index contributed by atoms with van der Waals surface area (Å²) in [7, 11) is 0. The van der Waals surface area contributed by atoms with Gasteiger partial charge in [0.2, 0.25) is 23.6 Å². The van der Waals surface area contributed by atoms with Gasteiger partial charge in [0.05, 0.1) is 23.7 Å². The van der Waals surface area contributed by atoms with E-state index >= 15 is 0 Å². The molecule has 2 saturated heterocycles. The third-order valence-electron chi connectivity index (χ3n) is 17.2. The Hall–Kier alpha value is -7.56. The summed E-state index contributed by atoms with van der Waals surface area (Å²) in [6.07, 6.45) is 11.5. The molecule has 17 nitrogen and oxygen atoms in total. The summed E-state index contributed by atoms with van der Waals surface area (Å²) in [5, 5.41) is 24.6. The number of hydrogen-bond donors (Lipinski definition) is 6. The van der Waals surface area contributed by atoms with Crippen molar-refractivity contribution in [2.24, 2.45) is 23.7 Å². The van der Waals surface area contributed by atoms with E-state index in [2.05, 4.69) is 50.8 Å². The number of carbonyl (C=O) groups excluding carboxylic acids is 7. The largest absolute Gasteiger partial charge is 0.480 e. The van der Waals surface area contributed by atoms with Crippen molar-refractivity contribution >= 4 is 47.5 Å². The van der Waals surface area contributed by atoms with Crippen molar-refractivity contribution in [3.8, 4) is 0 Å². The lowest BCUT2D eigenvalue weighted by Crippen LogP contribution is -2.43. The van der Waals surface area contributed by atoms with Crippen molar-refractivity contribution in [1.82, 2.24) is 36.4 Å². The number of rotatable bonds is 27. The summed E-state index contributed by atoms with van der Waals surface area (Å²) in [4.78, 5) is 111. The van der Waals surface area contributed by atoms with Gasteiger partial charge in [-0.15, -0.1) is 0 Å². The molecule has 2 heterocycles. The highest BCUT2D eigenvalue weighted by atomic mass is 16.6. The fraction of sp³-hybridized carbons (Fsp3) is 0.515. The predicted octanol–water partition coefficient (Wildman–Crippen LogP) is 8.47. The van der Waals surface area contributed by atoms with E-state index in [0.29, 0.717) is 30.5 Å². The average Bonchev–Trinajstić information content (AvgIpc) is 4.49. The highest BCUT2D eigenvalue weighted by Gasteiger charge is 2.50. The summed E-state index contributed by atoms with van der Waals surface area (Å²) in [6.45, 7) is 5.88. The number of ether oxygens (including phenoxy) is 1. The van der Waals surface area contributed by atoms with Crippen LogP contribution >= 0.6 is 0 Å². The van der Waals surface area contributed by atoms with E-state index < -0.39 is 47.4 Å². The summed E-state index contributed by atoms with van der Waals surface area (Å²) in [5.41, 5.74) is 3.35. The molecule has 9 rings (SSSR count). The first-order valence-corrected chi connectivity index (χ1v) is 30.3. The van der Waals surface area contributed by atoms with Gasteiger partial charge in [-0.05, 0) is 93.8 Å². The third kappa shape index (κ3) is 16.6. The summed E-state index contributed by atoms with van der Waals surface area (Å²) in [5.74, 6) is -5.24. The minimum Gasteiger partial charge on any atom is -0.480 e. The molecule has 4 aromatic rings. The normalized spacial score (nSPS) is 24.4. The number of nitrogens with one attached hydrogen (secondary N) is 5. The molecule has 0 aromatic heterocycles. The molecule has 5 aliphatic rings. The summed E-state index contributed by atoms with van der Waals surface area (Å²) < 4.78 is 5.20. The Morgan fingerprint density at radius 3 is 1.17 bits per heavy atom. The fourth-order valence-corrected chi connectivity index (χ4v) is 12.2. The average molecular weight is 1130 g/mol. The molecule has 442 valence electrons. The van der Waals surface area contributed by atoms with Crippen LogP contribution in [0.1, 0.15) is 166 Å². The number of carboxylic acid groups (broad SMARTS) is 1. The molecule has 0 radical (unpaired) electrons. The molecule has 11 atom stereocenters. The number of hydrogen-bond acceptors (Lipinski definition) is 9. The van der Waals surface area contributed by atoms with Gasteiger partial charge in [-0.1, -0.05) is 149 Å². The first kappa shape index (κ1) is 60.0. The van der Waals surface area contributed by atoms with Crippen molar-refractivity contribution in [3.63, 3.8) is 0 Å². The summed E-state index contributed by atoms with van der Waals surface area (Å²) in [6, 6.07) is 35.3. The van der Waals surface area contributed by atoms with Crippen LogP contribution in [0.5, 0.6) is 0 Å². The number of nitrogens with zero attached hydrogens (tertiary/aromatic N) is 2.